The molecule has 1 heterocycles. The van der Waals surface area contributed by atoms with Crippen molar-refractivity contribution in [1.82, 2.24) is 0 Å². The van der Waals surface area contributed by atoms with Crippen molar-refractivity contribution < 1.29 is 46.5 Å². The number of halogens is 3. The first-order valence-corrected chi connectivity index (χ1v) is 9.83. The zero-order valence-electron chi connectivity index (χ0n) is 18.6. The predicted octanol–water partition coefficient (Wildman–Crippen LogP) is 3.26. The number of nitrogens with zero attached hydrogens (tertiary/aromatic N) is 1. The molecule has 0 fully saturated rings. The lowest BCUT2D eigenvalue weighted by Gasteiger charge is -2.31. The van der Waals surface area contributed by atoms with Gasteiger partial charge in [0.1, 0.15) is 6.54 Å². The van der Waals surface area contributed by atoms with Crippen molar-refractivity contribution >= 4 is 29.2 Å². The van der Waals surface area contributed by atoms with Gasteiger partial charge in [-0.25, -0.2) is 4.79 Å². The first-order valence-electron chi connectivity index (χ1n) is 9.83. The van der Waals surface area contributed by atoms with Crippen molar-refractivity contribution in [2.24, 2.45) is 0 Å². The number of amides is 2. The summed E-state index contributed by atoms with van der Waals surface area (Å²) in [6, 6.07) is 5.28. The van der Waals surface area contributed by atoms with Gasteiger partial charge in [-0.1, -0.05) is 0 Å². The number of fused-ring (bicyclic) bond motifs is 1. The summed E-state index contributed by atoms with van der Waals surface area (Å²) >= 11 is 0. The number of anilines is 2. The summed E-state index contributed by atoms with van der Waals surface area (Å²) in [4.78, 5) is 38.7. The highest BCUT2D eigenvalue weighted by molar-refractivity contribution is 6.11. The summed E-state index contributed by atoms with van der Waals surface area (Å²) in [5, 5.41) is 2.32. The molecule has 0 saturated carbocycles. The fourth-order valence-corrected chi connectivity index (χ4v) is 3.36. The largest absolute Gasteiger partial charge is 0.493 e. The number of hydrogen-bond acceptors (Lipinski definition) is 7. The highest BCUT2D eigenvalue weighted by Gasteiger charge is 2.36. The number of ether oxygens (including phenoxy) is 4. The number of carbonyl (C=O) groups is 3. The van der Waals surface area contributed by atoms with Gasteiger partial charge in [0.2, 0.25) is 11.7 Å². The third-order valence-corrected chi connectivity index (χ3v) is 4.99. The zero-order chi connectivity index (χ0) is 25.2. The maximum absolute atomic E-state index is 13.0. The van der Waals surface area contributed by atoms with Crippen LogP contribution in [-0.2, 0) is 20.5 Å². The van der Waals surface area contributed by atoms with Gasteiger partial charge in [-0.2, -0.15) is 13.2 Å². The number of methoxy groups -OCH3 is 3. The third kappa shape index (κ3) is 4.85. The molecule has 34 heavy (non-hydrogen) atoms. The lowest BCUT2D eigenvalue weighted by atomic mass is 10.1. The summed E-state index contributed by atoms with van der Waals surface area (Å²) in [5.41, 5.74) is -1.11. The molecule has 0 aromatic heterocycles. The van der Waals surface area contributed by atoms with Crippen LogP contribution in [0.3, 0.4) is 0 Å². The Morgan fingerprint density at radius 3 is 2.18 bits per heavy atom. The molecule has 0 bridgehead atoms. The second-order valence-corrected chi connectivity index (χ2v) is 7.16. The van der Waals surface area contributed by atoms with E-state index >= 15 is 0 Å². The van der Waals surface area contributed by atoms with Crippen molar-refractivity contribution in [3.8, 4) is 17.2 Å². The predicted molar refractivity (Wildman–Crippen MR) is 113 cm³/mol. The highest BCUT2D eigenvalue weighted by atomic mass is 19.4. The molecule has 182 valence electrons. The van der Waals surface area contributed by atoms with Gasteiger partial charge in [0.25, 0.3) is 5.91 Å². The van der Waals surface area contributed by atoms with E-state index in [9.17, 15) is 27.6 Å². The molecule has 0 radical (unpaired) electrons. The van der Waals surface area contributed by atoms with Crippen LogP contribution in [0.15, 0.2) is 30.3 Å². The quantitative estimate of drug-likeness (QED) is 0.631. The lowest BCUT2D eigenvalue weighted by molar-refractivity contribution is -0.137. The molecule has 1 aliphatic heterocycles. The molecule has 3 rings (SSSR count). The van der Waals surface area contributed by atoms with Crippen LogP contribution in [-0.4, -0.2) is 51.8 Å². The minimum absolute atomic E-state index is 0.000700. The van der Waals surface area contributed by atoms with Gasteiger partial charge in [0.05, 0.1) is 43.8 Å². The SMILES string of the molecule is COc1cc(C(=O)O[C@@H](C)C(=O)N2CC(=O)Nc3cc(C(F)(F)F)ccc32)cc(OC)c1OC. The van der Waals surface area contributed by atoms with Crippen LogP contribution in [0.4, 0.5) is 24.5 Å². The first-order chi connectivity index (χ1) is 16.0. The molecule has 1 atom stereocenters. The monoisotopic (exact) mass is 482 g/mol. The maximum atomic E-state index is 13.0. The Bertz CT molecular complexity index is 1110. The highest BCUT2D eigenvalue weighted by Crippen LogP contribution is 2.39. The number of nitrogens with one attached hydrogen (secondary N) is 1. The fourth-order valence-electron chi connectivity index (χ4n) is 3.36. The summed E-state index contributed by atoms with van der Waals surface area (Å²) in [6.07, 6.45) is -6.00. The van der Waals surface area contributed by atoms with Crippen molar-refractivity contribution in [3.05, 3.63) is 41.5 Å². The number of carbonyl (C=O) groups excluding carboxylic acids is 3. The molecule has 0 spiro atoms. The van der Waals surface area contributed by atoms with Crippen LogP contribution < -0.4 is 24.4 Å². The van der Waals surface area contributed by atoms with Gasteiger partial charge in [0.15, 0.2) is 17.6 Å². The molecule has 0 unspecified atom stereocenters. The molecule has 2 amide bonds. The second-order valence-electron chi connectivity index (χ2n) is 7.16. The van der Waals surface area contributed by atoms with E-state index in [1.807, 2.05) is 0 Å². The Morgan fingerprint density at radius 1 is 1.03 bits per heavy atom. The van der Waals surface area contributed by atoms with E-state index < -0.39 is 42.2 Å². The van der Waals surface area contributed by atoms with Crippen molar-refractivity contribution in [2.45, 2.75) is 19.2 Å². The van der Waals surface area contributed by atoms with E-state index in [-0.39, 0.29) is 34.2 Å². The molecule has 1 N–H and O–H groups in total. The Kier molecular flexibility index (Phi) is 6.89. The van der Waals surface area contributed by atoms with Crippen LogP contribution in [0.5, 0.6) is 17.2 Å². The van der Waals surface area contributed by atoms with Crippen LogP contribution in [0.1, 0.15) is 22.8 Å². The van der Waals surface area contributed by atoms with Crippen LogP contribution in [0.2, 0.25) is 0 Å². The molecule has 1 aliphatic rings. The van der Waals surface area contributed by atoms with Gasteiger partial charge < -0.3 is 24.3 Å². The minimum atomic E-state index is -4.63. The van der Waals surface area contributed by atoms with E-state index in [2.05, 4.69) is 5.32 Å². The second kappa shape index (κ2) is 9.49. The zero-order valence-corrected chi connectivity index (χ0v) is 18.6. The van der Waals surface area contributed by atoms with E-state index in [1.165, 1.54) is 40.4 Å². The van der Waals surface area contributed by atoms with Crippen molar-refractivity contribution in [1.29, 1.82) is 0 Å². The smallest absolute Gasteiger partial charge is 0.416 e. The number of hydrogen-bond donors (Lipinski definition) is 1. The van der Waals surface area contributed by atoms with Crippen molar-refractivity contribution in [3.63, 3.8) is 0 Å². The molecule has 2 aromatic carbocycles. The average molecular weight is 482 g/mol. The number of rotatable bonds is 6. The molecule has 2 aromatic rings. The Morgan fingerprint density at radius 2 is 1.65 bits per heavy atom. The van der Waals surface area contributed by atoms with E-state index in [0.717, 1.165) is 23.1 Å². The molecule has 0 aliphatic carbocycles. The normalized spacial score (nSPS) is 14.0. The van der Waals surface area contributed by atoms with Crippen molar-refractivity contribution in [2.75, 3.05) is 38.1 Å². The van der Waals surface area contributed by atoms with E-state index in [1.54, 1.807) is 0 Å². The van der Waals surface area contributed by atoms with Crippen LogP contribution >= 0.6 is 0 Å². The summed E-state index contributed by atoms with van der Waals surface area (Å²) in [5.74, 6) is -1.75. The van der Waals surface area contributed by atoms with Crippen LogP contribution in [0, 0.1) is 0 Å². The first kappa shape index (κ1) is 24.7. The summed E-state index contributed by atoms with van der Waals surface area (Å²) < 4.78 is 59.9. The van der Waals surface area contributed by atoms with Gasteiger partial charge in [-0.3, -0.25) is 14.5 Å². The molecule has 9 nitrogen and oxygen atoms in total. The Balaban J connectivity index is 1.84. The Labute approximate surface area is 192 Å². The molecular formula is C22H21F3N2O7. The van der Waals surface area contributed by atoms with Crippen LogP contribution in [0.25, 0.3) is 0 Å². The number of benzene rings is 2. The summed E-state index contributed by atoms with van der Waals surface area (Å²) in [6.45, 7) is 0.831. The van der Waals surface area contributed by atoms with Gasteiger partial charge in [-0.15, -0.1) is 0 Å². The van der Waals surface area contributed by atoms with E-state index in [4.69, 9.17) is 18.9 Å². The number of alkyl halides is 3. The Hall–Kier alpha value is -3.96. The van der Waals surface area contributed by atoms with Gasteiger partial charge in [0, 0.05) is 0 Å². The topological polar surface area (TPSA) is 103 Å². The van der Waals surface area contributed by atoms with Gasteiger partial charge >= 0.3 is 12.1 Å². The molecular weight excluding hydrogens is 461 g/mol. The minimum Gasteiger partial charge on any atom is -0.493 e. The van der Waals surface area contributed by atoms with E-state index in [0.29, 0.717) is 0 Å². The maximum Gasteiger partial charge on any atom is 0.416 e. The third-order valence-electron chi connectivity index (χ3n) is 4.99. The lowest BCUT2D eigenvalue weighted by Crippen LogP contribution is -2.47. The fraction of sp³-hybridized carbons (Fsp3) is 0.318. The van der Waals surface area contributed by atoms with Gasteiger partial charge in [-0.05, 0) is 37.3 Å². The standard InChI is InChI=1S/C22H21F3N2O7/c1-11(34-21(30)12-7-16(31-2)19(33-4)17(8-12)32-3)20(29)27-10-18(28)26-14-9-13(22(23,24)25)5-6-15(14)27/h5-9,11H,10H2,1-4H3,(H,26,28)/t11-/m0/s1. The molecule has 12 heteroatoms. The summed E-state index contributed by atoms with van der Waals surface area (Å²) in [7, 11) is 4.12. The molecule has 0 saturated heterocycles. The average Bonchev–Trinajstić information content (AvgIpc) is 2.80. The number of esters is 1.